The molecule has 0 aromatic heterocycles. The Hall–Kier alpha value is -7.02. The third-order valence-corrected chi connectivity index (χ3v) is 12.9. The first kappa shape index (κ1) is 33.2. The summed E-state index contributed by atoms with van der Waals surface area (Å²) in [5, 5.41) is 7.86. The van der Waals surface area contributed by atoms with Gasteiger partial charge in [0.05, 0.1) is 0 Å². The summed E-state index contributed by atoms with van der Waals surface area (Å²) in [5.41, 5.74) is 22.1. The monoisotopic (exact) mass is 736 g/mol. The third-order valence-electron chi connectivity index (χ3n) is 12.9. The Morgan fingerprint density at radius 3 is 1.48 bits per heavy atom. The van der Waals surface area contributed by atoms with Gasteiger partial charge in [0, 0.05) is 0 Å². The van der Waals surface area contributed by atoms with Crippen molar-refractivity contribution in [2.75, 3.05) is 0 Å². The SMILES string of the molecule is CC(C)(C)c1cc2c3c(cc(-c4ccc5c(-c6ccccc6)c6c(c(-c7ccccc7)c5c4)-c4cccc5c(-c7ccccc7)ccc-6c45)cc3c1)-c1ccccc1-2. The van der Waals surface area contributed by atoms with Crippen LogP contribution in [0.2, 0.25) is 0 Å². The van der Waals surface area contributed by atoms with Crippen LogP contribution < -0.4 is 0 Å². The van der Waals surface area contributed by atoms with Crippen LogP contribution in [0.5, 0.6) is 0 Å². The van der Waals surface area contributed by atoms with Crippen LogP contribution in [0, 0.1) is 0 Å². The third kappa shape index (κ3) is 4.76. The molecule has 0 N–H and O–H groups in total. The highest BCUT2D eigenvalue weighted by Gasteiger charge is 2.32. The molecule has 0 spiro atoms. The number of hydrogen-bond acceptors (Lipinski definition) is 0. The molecule has 12 rings (SSSR count). The van der Waals surface area contributed by atoms with Gasteiger partial charge in [0.15, 0.2) is 0 Å². The Morgan fingerprint density at radius 2 is 0.828 bits per heavy atom. The fourth-order valence-electron chi connectivity index (χ4n) is 10.2. The summed E-state index contributed by atoms with van der Waals surface area (Å²) in [6.07, 6.45) is 0. The van der Waals surface area contributed by atoms with Gasteiger partial charge < -0.3 is 0 Å². The molecule has 0 radical (unpaired) electrons. The fourth-order valence-corrected chi connectivity index (χ4v) is 10.2. The van der Waals surface area contributed by atoms with E-state index in [0.717, 1.165) is 0 Å². The van der Waals surface area contributed by atoms with Gasteiger partial charge in [-0.05, 0) is 157 Å². The van der Waals surface area contributed by atoms with Crippen LogP contribution in [-0.4, -0.2) is 0 Å². The minimum atomic E-state index is 0.0302. The van der Waals surface area contributed by atoms with E-state index in [1.54, 1.807) is 0 Å². The average Bonchev–Trinajstić information content (AvgIpc) is 3.77. The van der Waals surface area contributed by atoms with Gasteiger partial charge in [0.2, 0.25) is 0 Å². The largest absolute Gasteiger partial charge is 0.0622 e. The first-order valence-electron chi connectivity index (χ1n) is 20.5. The zero-order valence-corrected chi connectivity index (χ0v) is 32.9. The summed E-state index contributed by atoms with van der Waals surface area (Å²) in [7, 11) is 0. The van der Waals surface area contributed by atoms with Gasteiger partial charge in [-0.2, -0.15) is 0 Å². The molecule has 272 valence electrons. The normalized spacial score (nSPS) is 12.4. The molecular formula is C58H40. The van der Waals surface area contributed by atoms with Crippen molar-refractivity contribution in [2.24, 2.45) is 0 Å². The summed E-state index contributed by atoms with van der Waals surface area (Å²) in [4.78, 5) is 0. The van der Waals surface area contributed by atoms with Crippen molar-refractivity contribution in [1.29, 1.82) is 0 Å². The molecule has 0 saturated heterocycles. The molecule has 0 amide bonds. The minimum absolute atomic E-state index is 0.0302. The molecule has 0 heterocycles. The van der Waals surface area contributed by atoms with Gasteiger partial charge in [-0.1, -0.05) is 185 Å². The highest BCUT2D eigenvalue weighted by atomic mass is 14.3. The van der Waals surface area contributed by atoms with Crippen LogP contribution in [0.3, 0.4) is 0 Å². The lowest BCUT2D eigenvalue weighted by Gasteiger charge is -2.22. The van der Waals surface area contributed by atoms with Crippen LogP contribution in [-0.2, 0) is 5.41 Å². The molecule has 0 bridgehead atoms. The van der Waals surface area contributed by atoms with E-state index >= 15 is 0 Å². The van der Waals surface area contributed by atoms with E-state index in [4.69, 9.17) is 0 Å². The molecule has 0 unspecified atom stereocenters. The lowest BCUT2D eigenvalue weighted by molar-refractivity contribution is 0.591. The van der Waals surface area contributed by atoms with Crippen LogP contribution >= 0.6 is 0 Å². The minimum Gasteiger partial charge on any atom is -0.0622 e. The Labute approximate surface area is 339 Å². The topological polar surface area (TPSA) is 0 Å². The maximum atomic E-state index is 2.49. The second-order valence-corrected chi connectivity index (χ2v) is 17.2. The van der Waals surface area contributed by atoms with Crippen LogP contribution in [0.1, 0.15) is 26.3 Å². The molecule has 0 saturated carbocycles. The van der Waals surface area contributed by atoms with E-state index < -0.39 is 0 Å². The highest BCUT2D eigenvalue weighted by Crippen LogP contribution is 2.59. The predicted octanol–water partition coefficient (Wildman–Crippen LogP) is 16.4. The highest BCUT2D eigenvalue weighted by molar-refractivity contribution is 6.29. The predicted molar refractivity (Wildman–Crippen MR) is 248 cm³/mol. The van der Waals surface area contributed by atoms with E-state index in [-0.39, 0.29) is 5.41 Å². The van der Waals surface area contributed by atoms with E-state index in [0.29, 0.717) is 0 Å². The standard InChI is InChI=1S/C58H40/c1-58(2,3)41-31-40-30-39(33-49-43-22-13-14-23-44(43)51(34-41)52(40)49)38-26-27-46-50(32-38)54(37-20-11-6-12-21-37)56-47-25-15-24-45-42(35-16-7-4-8-17-35)28-29-48(55(45)47)57(56)53(46)36-18-9-5-10-19-36/h4-34H,1-3H3. The summed E-state index contributed by atoms with van der Waals surface area (Å²) >= 11 is 0. The Bertz CT molecular complexity index is 3330. The smallest absolute Gasteiger partial charge is 0.000741 e. The maximum Gasteiger partial charge on any atom is -0.000741 e. The van der Waals surface area contributed by atoms with Crippen molar-refractivity contribution in [1.82, 2.24) is 0 Å². The molecule has 0 nitrogen and oxygen atoms in total. The zero-order valence-electron chi connectivity index (χ0n) is 32.9. The summed E-state index contributed by atoms with van der Waals surface area (Å²) in [6, 6.07) is 70.7. The van der Waals surface area contributed by atoms with Crippen molar-refractivity contribution < 1.29 is 0 Å². The second kappa shape index (κ2) is 12.2. The molecule has 0 heteroatoms. The maximum absolute atomic E-state index is 2.49. The first-order valence-corrected chi connectivity index (χ1v) is 20.5. The fraction of sp³-hybridized carbons (Fsp3) is 0.0690. The summed E-state index contributed by atoms with van der Waals surface area (Å²) < 4.78 is 0. The van der Waals surface area contributed by atoms with Crippen molar-refractivity contribution in [3.63, 3.8) is 0 Å². The van der Waals surface area contributed by atoms with Crippen molar-refractivity contribution >= 4 is 32.3 Å². The van der Waals surface area contributed by atoms with Gasteiger partial charge in [0.25, 0.3) is 0 Å². The quantitative estimate of drug-likeness (QED) is 0.169. The molecular weight excluding hydrogens is 697 g/mol. The molecule has 58 heavy (non-hydrogen) atoms. The molecule has 0 fully saturated rings. The number of benzene rings is 10. The van der Waals surface area contributed by atoms with Gasteiger partial charge in [-0.3, -0.25) is 0 Å². The number of rotatable bonds is 4. The van der Waals surface area contributed by atoms with Gasteiger partial charge in [-0.25, -0.2) is 0 Å². The molecule has 2 aliphatic carbocycles. The van der Waals surface area contributed by atoms with Crippen LogP contribution in [0.4, 0.5) is 0 Å². The average molecular weight is 737 g/mol. The molecule has 0 atom stereocenters. The lowest BCUT2D eigenvalue weighted by atomic mass is 9.81. The molecule has 0 aliphatic heterocycles. The van der Waals surface area contributed by atoms with Crippen molar-refractivity contribution in [3.05, 3.63) is 194 Å². The van der Waals surface area contributed by atoms with E-state index in [1.807, 2.05) is 0 Å². The number of fused-ring (bicyclic) bond motifs is 7. The zero-order chi connectivity index (χ0) is 38.7. The van der Waals surface area contributed by atoms with Gasteiger partial charge >= 0.3 is 0 Å². The Kier molecular flexibility index (Phi) is 7.00. The van der Waals surface area contributed by atoms with E-state index in [2.05, 4.69) is 209 Å². The second-order valence-electron chi connectivity index (χ2n) is 17.2. The summed E-state index contributed by atoms with van der Waals surface area (Å²) in [5.74, 6) is 0. The van der Waals surface area contributed by atoms with E-state index in [9.17, 15) is 0 Å². The molecule has 10 aromatic rings. The van der Waals surface area contributed by atoms with Crippen molar-refractivity contribution in [3.8, 4) is 89.0 Å². The first-order chi connectivity index (χ1) is 28.4. The van der Waals surface area contributed by atoms with Crippen LogP contribution in [0.25, 0.3) is 121 Å². The van der Waals surface area contributed by atoms with Crippen molar-refractivity contribution in [2.45, 2.75) is 26.2 Å². The Balaban J connectivity index is 1.19. The van der Waals surface area contributed by atoms with E-state index in [1.165, 1.54) is 127 Å². The Morgan fingerprint density at radius 1 is 0.276 bits per heavy atom. The number of hydrogen-bond donors (Lipinski definition) is 0. The lowest BCUT2D eigenvalue weighted by Crippen LogP contribution is -2.10. The molecule has 2 aliphatic rings. The van der Waals surface area contributed by atoms with Gasteiger partial charge in [-0.15, -0.1) is 0 Å². The summed E-state index contributed by atoms with van der Waals surface area (Å²) in [6.45, 7) is 6.97. The molecule has 10 aromatic carbocycles. The van der Waals surface area contributed by atoms with Gasteiger partial charge in [0.1, 0.15) is 0 Å². The van der Waals surface area contributed by atoms with Crippen LogP contribution in [0.15, 0.2) is 188 Å².